The second-order valence-electron chi connectivity index (χ2n) is 4.50. The van der Waals surface area contributed by atoms with Crippen molar-refractivity contribution >= 4 is 28.2 Å². The van der Waals surface area contributed by atoms with Gasteiger partial charge in [0.25, 0.3) is 0 Å². The predicted octanol–water partition coefficient (Wildman–Crippen LogP) is 3.82. The van der Waals surface area contributed by atoms with E-state index in [1.807, 2.05) is 0 Å². The molecule has 104 valence electrons. The van der Waals surface area contributed by atoms with Gasteiger partial charge < -0.3 is 10.4 Å². The minimum absolute atomic E-state index is 0.152. The Hall–Kier alpha value is -2.95. The fourth-order valence-electron chi connectivity index (χ4n) is 2.15. The third-order valence-corrected chi connectivity index (χ3v) is 3.13. The van der Waals surface area contributed by atoms with Crippen LogP contribution >= 0.6 is 0 Å². The van der Waals surface area contributed by atoms with Crippen molar-refractivity contribution in [3.05, 3.63) is 66.1 Å². The molecule has 0 amide bonds. The molecule has 0 aliphatic rings. The fourth-order valence-corrected chi connectivity index (χ4v) is 2.15. The van der Waals surface area contributed by atoms with Crippen molar-refractivity contribution < 1.29 is 14.3 Å². The molecule has 1 aromatic heterocycles. The van der Waals surface area contributed by atoms with Gasteiger partial charge in [0, 0.05) is 17.3 Å². The zero-order chi connectivity index (χ0) is 14.8. The molecule has 3 rings (SSSR count). The van der Waals surface area contributed by atoms with Gasteiger partial charge in [0.05, 0.1) is 16.8 Å². The molecule has 0 saturated carbocycles. The number of aromatic nitrogens is 1. The van der Waals surface area contributed by atoms with Gasteiger partial charge in [-0.1, -0.05) is 12.1 Å². The molecule has 0 aliphatic heterocycles. The summed E-state index contributed by atoms with van der Waals surface area (Å²) >= 11 is 0. The van der Waals surface area contributed by atoms with Crippen LogP contribution in [-0.4, -0.2) is 16.1 Å². The lowest BCUT2D eigenvalue weighted by Gasteiger charge is -2.11. The van der Waals surface area contributed by atoms with E-state index in [0.717, 1.165) is 0 Å². The van der Waals surface area contributed by atoms with E-state index in [1.54, 1.807) is 36.5 Å². The first-order valence-corrected chi connectivity index (χ1v) is 6.29. The Morgan fingerprint density at radius 3 is 2.71 bits per heavy atom. The normalized spacial score (nSPS) is 10.5. The number of pyridine rings is 1. The van der Waals surface area contributed by atoms with Crippen LogP contribution < -0.4 is 5.32 Å². The van der Waals surface area contributed by atoms with Crippen LogP contribution in [0.1, 0.15) is 10.4 Å². The third-order valence-electron chi connectivity index (χ3n) is 3.13. The summed E-state index contributed by atoms with van der Waals surface area (Å²) in [5.41, 5.74) is 1.84. The molecular weight excluding hydrogens is 271 g/mol. The number of nitrogens with one attached hydrogen (secondary N) is 1. The summed E-state index contributed by atoms with van der Waals surface area (Å²) in [6.45, 7) is 0. The number of benzene rings is 2. The van der Waals surface area contributed by atoms with E-state index in [-0.39, 0.29) is 11.4 Å². The maximum absolute atomic E-state index is 13.4. The molecule has 0 saturated heterocycles. The number of para-hydroxylation sites is 1. The number of rotatable bonds is 3. The third kappa shape index (κ3) is 2.53. The number of carboxylic acid groups (broad SMARTS) is 1. The highest BCUT2D eigenvalue weighted by atomic mass is 19.1. The zero-order valence-corrected chi connectivity index (χ0v) is 10.9. The number of carbonyl (C=O) groups is 1. The molecule has 0 radical (unpaired) electrons. The van der Waals surface area contributed by atoms with Gasteiger partial charge in [-0.2, -0.15) is 0 Å². The van der Waals surface area contributed by atoms with E-state index in [2.05, 4.69) is 10.3 Å². The van der Waals surface area contributed by atoms with E-state index in [0.29, 0.717) is 22.3 Å². The number of nitrogens with zero attached hydrogens (tertiary/aromatic N) is 1. The lowest BCUT2D eigenvalue weighted by atomic mass is 10.1. The number of aromatic carboxylic acids is 1. The maximum Gasteiger partial charge on any atom is 0.337 e. The van der Waals surface area contributed by atoms with Crippen molar-refractivity contribution in [2.45, 2.75) is 0 Å². The highest BCUT2D eigenvalue weighted by Crippen LogP contribution is 2.27. The molecule has 0 bridgehead atoms. The molecule has 5 heteroatoms. The first-order valence-electron chi connectivity index (χ1n) is 6.29. The summed E-state index contributed by atoms with van der Waals surface area (Å²) in [6, 6.07) is 12.5. The van der Waals surface area contributed by atoms with Crippen molar-refractivity contribution in [2.24, 2.45) is 0 Å². The summed E-state index contributed by atoms with van der Waals surface area (Å²) in [5.74, 6) is -1.40. The molecule has 4 nitrogen and oxygen atoms in total. The molecule has 2 aromatic carbocycles. The van der Waals surface area contributed by atoms with E-state index in [4.69, 9.17) is 0 Å². The van der Waals surface area contributed by atoms with Crippen molar-refractivity contribution in [1.29, 1.82) is 0 Å². The summed E-state index contributed by atoms with van der Waals surface area (Å²) in [4.78, 5) is 15.4. The Balaban J connectivity index is 2.11. The lowest BCUT2D eigenvalue weighted by Crippen LogP contribution is -2.02. The SMILES string of the molecule is O=C(O)c1ccccc1Nc1ccnc2ccc(F)cc12. The highest BCUT2D eigenvalue weighted by Gasteiger charge is 2.10. The van der Waals surface area contributed by atoms with E-state index < -0.39 is 5.97 Å². The quantitative estimate of drug-likeness (QED) is 0.766. The van der Waals surface area contributed by atoms with Crippen LogP contribution in [0.4, 0.5) is 15.8 Å². The Kier molecular flexibility index (Phi) is 3.23. The highest BCUT2D eigenvalue weighted by molar-refractivity contribution is 5.98. The molecule has 3 aromatic rings. The average molecular weight is 282 g/mol. The van der Waals surface area contributed by atoms with E-state index in [1.165, 1.54) is 18.2 Å². The number of carboxylic acids is 1. The standard InChI is InChI=1S/C16H11FN2O2/c17-10-5-6-13-12(9-10)15(7-8-18-13)19-14-4-2-1-3-11(14)16(20)21/h1-9H,(H,18,19)(H,20,21). The van der Waals surface area contributed by atoms with Crippen molar-refractivity contribution in [3.8, 4) is 0 Å². The second kappa shape index (κ2) is 5.20. The van der Waals surface area contributed by atoms with Gasteiger partial charge in [0.2, 0.25) is 0 Å². The van der Waals surface area contributed by atoms with Gasteiger partial charge in [0.15, 0.2) is 0 Å². The van der Waals surface area contributed by atoms with Crippen LogP contribution in [0.2, 0.25) is 0 Å². The van der Waals surface area contributed by atoms with Crippen molar-refractivity contribution in [3.63, 3.8) is 0 Å². The molecule has 21 heavy (non-hydrogen) atoms. The van der Waals surface area contributed by atoms with Gasteiger partial charge >= 0.3 is 5.97 Å². The fraction of sp³-hybridized carbons (Fsp3) is 0. The molecule has 0 unspecified atom stereocenters. The van der Waals surface area contributed by atoms with E-state index >= 15 is 0 Å². The Bertz CT molecular complexity index is 833. The first kappa shape index (κ1) is 13.1. The number of halogens is 1. The topological polar surface area (TPSA) is 62.2 Å². The summed E-state index contributed by atoms with van der Waals surface area (Å²) in [7, 11) is 0. The van der Waals surface area contributed by atoms with Crippen LogP contribution in [-0.2, 0) is 0 Å². The molecular formula is C16H11FN2O2. The number of fused-ring (bicyclic) bond motifs is 1. The maximum atomic E-state index is 13.4. The first-order chi connectivity index (χ1) is 10.1. The average Bonchev–Trinajstić information content (AvgIpc) is 2.48. The monoisotopic (exact) mass is 282 g/mol. The minimum atomic E-state index is -1.03. The van der Waals surface area contributed by atoms with Gasteiger partial charge in [0.1, 0.15) is 5.82 Å². The molecule has 1 heterocycles. The Morgan fingerprint density at radius 2 is 1.90 bits per heavy atom. The Labute approximate surface area is 119 Å². The van der Waals surface area contributed by atoms with Crippen LogP contribution in [0.25, 0.3) is 10.9 Å². The predicted molar refractivity (Wildman–Crippen MR) is 78.4 cm³/mol. The second-order valence-corrected chi connectivity index (χ2v) is 4.50. The largest absolute Gasteiger partial charge is 0.478 e. The Morgan fingerprint density at radius 1 is 1.10 bits per heavy atom. The van der Waals surface area contributed by atoms with Crippen LogP contribution in [0, 0.1) is 5.82 Å². The smallest absolute Gasteiger partial charge is 0.337 e. The van der Waals surface area contributed by atoms with Gasteiger partial charge in [-0.15, -0.1) is 0 Å². The van der Waals surface area contributed by atoms with Gasteiger partial charge in [-0.25, -0.2) is 9.18 Å². The number of anilines is 2. The van der Waals surface area contributed by atoms with Crippen LogP contribution in [0.5, 0.6) is 0 Å². The summed E-state index contributed by atoms with van der Waals surface area (Å²) < 4.78 is 13.4. The number of hydrogen-bond donors (Lipinski definition) is 2. The summed E-state index contributed by atoms with van der Waals surface area (Å²) in [5, 5.41) is 12.8. The molecule has 0 spiro atoms. The summed E-state index contributed by atoms with van der Waals surface area (Å²) in [6.07, 6.45) is 1.59. The number of hydrogen-bond acceptors (Lipinski definition) is 3. The minimum Gasteiger partial charge on any atom is -0.478 e. The lowest BCUT2D eigenvalue weighted by molar-refractivity contribution is 0.0698. The molecule has 2 N–H and O–H groups in total. The van der Waals surface area contributed by atoms with E-state index in [9.17, 15) is 14.3 Å². The van der Waals surface area contributed by atoms with Crippen LogP contribution in [0.15, 0.2) is 54.7 Å². The van der Waals surface area contributed by atoms with Crippen LogP contribution in [0.3, 0.4) is 0 Å². The molecule has 0 aliphatic carbocycles. The van der Waals surface area contributed by atoms with Gasteiger partial charge in [-0.05, 0) is 36.4 Å². The van der Waals surface area contributed by atoms with Crippen molar-refractivity contribution in [1.82, 2.24) is 4.98 Å². The molecule has 0 atom stereocenters. The zero-order valence-electron chi connectivity index (χ0n) is 10.9. The van der Waals surface area contributed by atoms with Crippen molar-refractivity contribution in [2.75, 3.05) is 5.32 Å². The molecule has 0 fully saturated rings. The van der Waals surface area contributed by atoms with Gasteiger partial charge in [-0.3, -0.25) is 4.98 Å².